The van der Waals surface area contributed by atoms with Crippen molar-refractivity contribution in [3.63, 3.8) is 0 Å². The third-order valence-electron chi connectivity index (χ3n) is 3.79. The maximum absolute atomic E-state index is 3.65. The summed E-state index contributed by atoms with van der Waals surface area (Å²) in [4.78, 5) is 2.64. The van der Waals surface area contributed by atoms with Gasteiger partial charge in [0.1, 0.15) is 0 Å². The zero-order chi connectivity index (χ0) is 11.5. The highest BCUT2D eigenvalue weighted by molar-refractivity contribution is 4.86. The van der Waals surface area contributed by atoms with Crippen molar-refractivity contribution in [3.05, 3.63) is 0 Å². The van der Waals surface area contributed by atoms with Crippen LogP contribution in [0.15, 0.2) is 0 Å². The summed E-state index contributed by atoms with van der Waals surface area (Å²) < 4.78 is 0. The normalized spacial score (nSPS) is 21.2. The lowest BCUT2D eigenvalue weighted by molar-refractivity contribution is 0.0785. The largest absolute Gasteiger partial charge is 0.312 e. The highest BCUT2D eigenvalue weighted by Gasteiger charge is 2.28. The number of nitrogens with zero attached hydrogens (tertiary/aromatic N) is 1. The summed E-state index contributed by atoms with van der Waals surface area (Å²) in [7, 11) is 0. The fourth-order valence-corrected chi connectivity index (χ4v) is 2.35. The fraction of sp³-hybridized carbons (Fsp3) is 1.00. The van der Waals surface area contributed by atoms with Crippen LogP contribution in [0.25, 0.3) is 0 Å². The van der Waals surface area contributed by atoms with E-state index >= 15 is 0 Å². The standard InChI is InChI=1S/C13H28N2/c1-6-13(4,5)15-9-7-12(8-10-15)14-11(2)3/h11-12,14H,6-10H2,1-5H3. The summed E-state index contributed by atoms with van der Waals surface area (Å²) in [6.07, 6.45) is 3.86. The molecule has 0 aromatic rings. The predicted molar refractivity (Wildman–Crippen MR) is 67.2 cm³/mol. The van der Waals surface area contributed by atoms with Crippen LogP contribution in [0.5, 0.6) is 0 Å². The van der Waals surface area contributed by atoms with Gasteiger partial charge in [-0.05, 0) is 33.1 Å². The second kappa shape index (κ2) is 5.31. The Morgan fingerprint density at radius 3 is 2.20 bits per heavy atom. The minimum atomic E-state index is 0.392. The molecule has 2 nitrogen and oxygen atoms in total. The molecule has 0 aliphatic carbocycles. The molecule has 15 heavy (non-hydrogen) atoms. The molecule has 0 saturated carbocycles. The fourth-order valence-electron chi connectivity index (χ4n) is 2.35. The summed E-state index contributed by atoms with van der Waals surface area (Å²) >= 11 is 0. The molecule has 0 aromatic heterocycles. The topological polar surface area (TPSA) is 15.3 Å². The first-order valence-electron chi connectivity index (χ1n) is 6.47. The third kappa shape index (κ3) is 3.76. The summed E-state index contributed by atoms with van der Waals surface area (Å²) in [6.45, 7) is 14.0. The second-order valence-corrected chi connectivity index (χ2v) is 5.75. The Hall–Kier alpha value is -0.0800. The van der Waals surface area contributed by atoms with Crippen LogP contribution in [0.2, 0.25) is 0 Å². The van der Waals surface area contributed by atoms with Gasteiger partial charge in [-0.2, -0.15) is 0 Å². The van der Waals surface area contributed by atoms with Gasteiger partial charge in [0.05, 0.1) is 0 Å². The van der Waals surface area contributed by atoms with Gasteiger partial charge in [0, 0.05) is 30.7 Å². The average molecular weight is 212 g/mol. The van der Waals surface area contributed by atoms with Gasteiger partial charge in [-0.15, -0.1) is 0 Å². The van der Waals surface area contributed by atoms with Crippen LogP contribution < -0.4 is 5.32 Å². The molecule has 1 aliphatic rings. The number of hydrogen-bond donors (Lipinski definition) is 1. The lowest BCUT2D eigenvalue weighted by Gasteiger charge is -2.43. The third-order valence-corrected chi connectivity index (χ3v) is 3.79. The van der Waals surface area contributed by atoms with Crippen LogP contribution >= 0.6 is 0 Å². The Morgan fingerprint density at radius 2 is 1.80 bits per heavy atom. The van der Waals surface area contributed by atoms with Crippen molar-refractivity contribution in [2.45, 2.75) is 71.5 Å². The van der Waals surface area contributed by atoms with Crippen molar-refractivity contribution in [1.29, 1.82) is 0 Å². The van der Waals surface area contributed by atoms with Crippen molar-refractivity contribution < 1.29 is 0 Å². The molecule has 0 atom stereocenters. The molecule has 1 saturated heterocycles. The van der Waals surface area contributed by atoms with E-state index in [2.05, 4.69) is 44.8 Å². The zero-order valence-electron chi connectivity index (χ0n) is 11.1. The van der Waals surface area contributed by atoms with E-state index in [0.717, 1.165) is 6.04 Å². The Bertz CT molecular complexity index is 179. The summed E-state index contributed by atoms with van der Waals surface area (Å²) in [5.74, 6) is 0. The molecule has 0 spiro atoms. The van der Waals surface area contributed by atoms with E-state index in [1.165, 1.54) is 32.4 Å². The van der Waals surface area contributed by atoms with Gasteiger partial charge in [0.2, 0.25) is 0 Å². The smallest absolute Gasteiger partial charge is 0.0150 e. The van der Waals surface area contributed by atoms with E-state index in [-0.39, 0.29) is 0 Å². The number of piperidine rings is 1. The molecule has 1 rings (SSSR count). The Balaban J connectivity index is 2.36. The lowest BCUT2D eigenvalue weighted by atomic mass is 9.94. The minimum absolute atomic E-state index is 0.392. The van der Waals surface area contributed by atoms with Gasteiger partial charge >= 0.3 is 0 Å². The van der Waals surface area contributed by atoms with Crippen LogP contribution in [-0.2, 0) is 0 Å². The Kier molecular flexibility index (Phi) is 4.60. The van der Waals surface area contributed by atoms with Crippen LogP contribution in [0.4, 0.5) is 0 Å². The number of likely N-dealkylation sites (tertiary alicyclic amines) is 1. The molecule has 0 unspecified atom stereocenters. The van der Waals surface area contributed by atoms with Crippen LogP contribution in [0, 0.1) is 0 Å². The maximum atomic E-state index is 3.65. The number of rotatable bonds is 4. The minimum Gasteiger partial charge on any atom is -0.312 e. The molecule has 90 valence electrons. The van der Waals surface area contributed by atoms with E-state index in [1.807, 2.05) is 0 Å². The monoisotopic (exact) mass is 212 g/mol. The van der Waals surface area contributed by atoms with Crippen molar-refractivity contribution in [3.8, 4) is 0 Å². The van der Waals surface area contributed by atoms with Gasteiger partial charge in [0.15, 0.2) is 0 Å². The molecule has 0 bridgehead atoms. The molecule has 1 N–H and O–H groups in total. The van der Waals surface area contributed by atoms with Crippen LogP contribution in [0.1, 0.15) is 53.9 Å². The molecule has 0 aromatic carbocycles. The summed E-state index contributed by atoms with van der Waals surface area (Å²) in [5, 5.41) is 3.65. The molecule has 0 amide bonds. The van der Waals surface area contributed by atoms with E-state index in [0.29, 0.717) is 11.6 Å². The first-order valence-corrected chi connectivity index (χ1v) is 6.47. The molecule has 2 heteroatoms. The van der Waals surface area contributed by atoms with Crippen molar-refractivity contribution >= 4 is 0 Å². The first-order chi connectivity index (χ1) is 6.95. The zero-order valence-corrected chi connectivity index (χ0v) is 11.1. The van der Waals surface area contributed by atoms with Crippen molar-refractivity contribution in [2.24, 2.45) is 0 Å². The number of nitrogens with one attached hydrogen (secondary N) is 1. The van der Waals surface area contributed by atoms with Crippen molar-refractivity contribution in [1.82, 2.24) is 10.2 Å². The Morgan fingerprint density at radius 1 is 1.27 bits per heavy atom. The first kappa shape index (κ1) is 13.0. The maximum Gasteiger partial charge on any atom is 0.0150 e. The van der Waals surface area contributed by atoms with Gasteiger partial charge in [-0.25, -0.2) is 0 Å². The SMILES string of the molecule is CCC(C)(C)N1CCC(NC(C)C)CC1. The second-order valence-electron chi connectivity index (χ2n) is 5.75. The Labute approximate surface area is 95.4 Å². The average Bonchev–Trinajstić information content (AvgIpc) is 2.18. The summed E-state index contributed by atoms with van der Waals surface area (Å²) in [6, 6.07) is 1.37. The highest BCUT2D eigenvalue weighted by atomic mass is 15.2. The van der Waals surface area contributed by atoms with Gasteiger partial charge in [-0.1, -0.05) is 20.8 Å². The van der Waals surface area contributed by atoms with E-state index in [1.54, 1.807) is 0 Å². The van der Waals surface area contributed by atoms with Crippen LogP contribution in [-0.4, -0.2) is 35.6 Å². The predicted octanol–water partition coefficient (Wildman–Crippen LogP) is 2.64. The van der Waals surface area contributed by atoms with Crippen LogP contribution in [0.3, 0.4) is 0 Å². The molecule has 1 aliphatic heterocycles. The molecule has 1 fully saturated rings. The molecule has 1 heterocycles. The van der Waals surface area contributed by atoms with E-state index in [4.69, 9.17) is 0 Å². The van der Waals surface area contributed by atoms with Crippen molar-refractivity contribution in [2.75, 3.05) is 13.1 Å². The van der Waals surface area contributed by atoms with Gasteiger partial charge in [0.25, 0.3) is 0 Å². The number of hydrogen-bond acceptors (Lipinski definition) is 2. The lowest BCUT2D eigenvalue weighted by Crippen LogP contribution is -2.51. The molecular weight excluding hydrogens is 184 g/mol. The van der Waals surface area contributed by atoms with E-state index < -0.39 is 0 Å². The van der Waals surface area contributed by atoms with Gasteiger partial charge in [-0.3, -0.25) is 4.90 Å². The molecular formula is C13H28N2. The molecule has 0 radical (unpaired) electrons. The van der Waals surface area contributed by atoms with Gasteiger partial charge < -0.3 is 5.32 Å². The summed E-state index contributed by atoms with van der Waals surface area (Å²) in [5.41, 5.74) is 0.392. The quantitative estimate of drug-likeness (QED) is 0.770. The highest BCUT2D eigenvalue weighted by Crippen LogP contribution is 2.23. The van der Waals surface area contributed by atoms with E-state index in [9.17, 15) is 0 Å².